The number of H-pyrrole nitrogens is 1. The summed E-state index contributed by atoms with van der Waals surface area (Å²) < 4.78 is 2.63. The van der Waals surface area contributed by atoms with Gasteiger partial charge in [0.25, 0.3) is 5.56 Å². The van der Waals surface area contributed by atoms with Crippen molar-refractivity contribution in [2.45, 2.75) is 31.8 Å². The van der Waals surface area contributed by atoms with E-state index < -0.39 is 0 Å². The monoisotopic (exact) mass is 323 g/mol. The number of nitrogens with zero attached hydrogens (tertiary/aromatic N) is 2. The second-order valence-electron chi connectivity index (χ2n) is 6.11. The highest BCUT2D eigenvalue weighted by atomic mass is 35.5. The van der Waals surface area contributed by atoms with Crippen LogP contribution in [0.25, 0.3) is 10.4 Å². The van der Waals surface area contributed by atoms with Crippen LogP contribution < -0.4 is 5.56 Å². The van der Waals surface area contributed by atoms with Crippen LogP contribution in [-0.4, -0.2) is 33.8 Å². The average molecular weight is 324 g/mol. The van der Waals surface area contributed by atoms with Crippen molar-refractivity contribution in [3.05, 3.63) is 33.0 Å². The summed E-state index contributed by atoms with van der Waals surface area (Å²) in [5, 5.41) is 2.92. The Bertz CT molecular complexity index is 704. The van der Waals surface area contributed by atoms with Crippen molar-refractivity contribution in [2.24, 2.45) is 5.92 Å². The Morgan fingerprint density at radius 3 is 2.90 bits per heavy atom. The summed E-state index contributed by atoms with van der Waals surface area (Å²) >= 11 is 7.39. The fraction of sp³-hybridized carbons (Fsp3) is 0.533. The summed E-state index contributed by atoms with van der Waals surface area (Å²) in [6.45, 7) is 3.11. The first-order valence-electron chi connectivity index (χ1n) is 7.48. The molecule has 112 valence electrons. The molecule has 4 rings (SSSR count). The molecule has 2 atom stereocenters. The zero-order valence-electron chi connectivity index (χ0n) is 11.7. The number of aromatic nitrogens is 2. The maximum absolute atomic E-state index is 12.0. The Hall–Kier alpha value is -1.04. The fourth-order valence-electron chi connectivity index (χ4n) is 3.73. The molecule has 21 heavy (non-hydrogen) atoms. The molecule has 0 radical (unpaired) electrons. The van der Waals surface area contributed by atoms with Crippen molar-refractivity contribution in [3.63, 3.8) is 0 Å². The summed E-state index contributed by atoms with van der Waals surface area (Å²) in [4.78, 5) is 15.6. The van der Waals surface area contributed by atoms with E-state index in [1.807, 2.05) is 23.0 Å². The molecule has 0 spiro atoms. The molecule has 0 amide bonds. The van der Waals surface area contributed by atoms with Gasteiger partial charge in [0.2, 0.25) is 0 Å². The Kier molecular flexibility index (Phi) is 3.44. The molecule has 2 fully saturated rings. The van der Waals surface area contributed by atoms with Gasteiger partial charge in [0.05, 0.1) is 16.4 Å². The topological polar surface area (TPSA) is 41.0 Å². The molecule has 6 heteroatoms. The van der Waals surface area contributed by atoms with Crippen LogP contribution >= 0.6 is 22.9 Å². The van der Waals surface area contributed by atoms with E-state index in [0.29, 0.717) is 4.34 Å². The number of nitrogens with one attached hydrogen (secondary N) is 1. The van der Waals surface area contributed by atoms with E-state index in [1.165, 1.54) is 37.1 Å². The van der Waals surface area contributed by atoms with Gasteiger partial charge in [0.1, 0.15) is 0 Å². The van der Waals surface area contributed by atoms with Crippen molar-refractivity contribution < 1.29 is 0 Å². The lowest BCUT2D eigenvalue weighted by Crippen LogP contribution is -2.34. The lowest BCUT2D eigenvalue weighted by molar-refractivity contribution is 0.203. The van der Waals surface area contributed by atoms with Gasteiger partial charge in [0, 0.05) is 30.2 Å². The summed E-state index contributed by atoms with van der Waals surface area (Å²) in [6.07, 6.45) is 6.05. The van der Waals surface area contributed by atoms with E-state index >= 15 is 0 Å². The number of fused-ring (bicyclic) bond motifs is 2. The van der Waals surface area contributed by atoms with E-state index in [4.69, 9.17) is 11.6 Å². The Morgan fingerprint density at radius 1 is 1.33 bits per heavy atom. The van der Waals surface area contributed by atoms with Crippen LogP contribution in [0, 0.1) is 5.92 Å². The van der Waals surface area contributed by atoms with Crippen molar-refractivity contribution in [3.8, 4) is 10.4 Å². The van der Waals surface area contributed by atoms with Crippen LogP contribution in [0.5, 0.6) is 0 Å². The normalized spacial score (nSPS) is 25.0. The molecule has 1 aliphatic heterocycles. The maximum atomic E-state index is 12.0. The lowest BCUT2D eigenvalue weighted by Gasteiger charge is -2.26. The number of halogens is 1. The number of rotatable bonds is 4. The van der Waals surface area contributed by atoms with Gasteiger partial charge in [-0.3, -0.25) is 19.5 Å². The smallest absolute Gasteiger partial charge is 0.272 e. The molecule has 2 bridgehead atoms. The third-order valence-corrected chi connectivity index (χ3v) is 6.03. The molecule has 2 aliphatic rings. The molecule has 2 aromatic heterocycles. The molecular weight excluding hydrogens is 306 g/mol. The second-order valence-corrected chi connectivity index (χ2v) is 7.82. The average Bonchev–Trinajstić information content (AvgIpc) is 3.20. The molecule has 3 heterocycles. The highest BCUT2D eigenvalue weighted by molar-refractivity contribution is 7.19. The Balaban J connectivity index is 1.45. The zero-order valence-corrected chi connectivity index (χ0v) is 13.3. The Labute approximate surface area is 132 Å². The number of likely N-dealkylation sites (tertiary alicyclic amines) is 1. The van der Waals surface area contributed by atoms with Gasteiger partial charge in [0.15, 0.2) is 0 Å². The van der Waals surface area contributed by atoms with Gasteiger partial charge in [-0.1, -0.05) is 11.6 Å². The van der Waals surface area contributed by atoms with Crippen molar-refractivity contribution in [1.29, 1.82) is 0 Å². The van der Waals surface area contributed by atoms with Crippen molar-refractivity contribution in [1.82, 2.24) is 14.7 Å². The number of hydrogen-bond donors (Lipinski definition) is 1. The third-order valence-electron chi connectivity index (χ3n) is 4.76. The third kappa shape index (κ3) is 2.58. The van der Waals surface area contributed by atoms with Gasteiger partial charge in [-0.15, -0.1) is 11.3 Å². The zero-order chi connectivity index (χ0) is 14.4. The molecular formula is C15H18ClN3OS. The summed E-state index contributed by atoms with van der Waals surface area (Å²) in [7, 11) is 0. The van der Waals surface area contributed by atoms with Crippen molar-refractivity contribution >= 4 is 22.9 Å². The standard InChI is InChI=1S/C15H18ClN3OS/c16-14-4-3-13(21-14)12-9-19(17-15(12)20)6-5-18-8-10-1-2-11(18)7-10/h3-4,9-11H,1-2,5-8H2,(H,17,20). The lowest BCUT2D eigenvalue weighted by atomic mass is 10.1. The van der Waals surface area contributed by atoms with E-state index in [1.54, 1.807) is 0 Å². The van der Waals surface area contributed by atoms with Crippen LogP contribution in [0.3, 0.4) is 0 Å². The summed E-state index contributed by atoms with van der Waals surface area (Å²) in [5.74, 6) is 0.919. The van der Waals surface area contributed by atoms with Crippen molar-refractivity contribution in [2.75, 3.05) is 13.1 Å². The minimum Gasteiger partial charge on any atom is -0.298 e. The molecule has 1 N–H and O–H groups in total. The van der Waals surface area contributed by atoms with Gasteiger partial charge in [-0.2, -0.15) is 0 Å². The highest BCUT2D eigenvalue weighted by Gasteiger charge is 2.37. The first-order valence-corrected chi connectivity index (χ1v) is 8.68. The molecule has 2 unspecified atom stereocenters. The highest BCUT2D eigenvalue weighted by Crippen LogP contribution is 2.37. The van der Waals surface area contributed by atoms with E-state index in [0.717, 1.165) is 35.5 Å². The van der Waals surface area contributed by atoms with Crippen LogP contribution in [0.4, 0.5) is 0 Å². The molecule has 0 aromatic carbocycles. The number of aromatic amines is 1. The van der Waals surface area contributed by atoms with Gasteiger partial charge in [-0.25, -0.2) is 0 Å². The van der Waals surface area contributed by atoms with E-state index in [9.17, 15) is 4.79 Å². The second kappa shape index (κ2) is 5.30. The molecule has 1 aliphatic carbocycles. The van der Waals surface area contributed by atoms with Crippen LogP contribution in [0.2, 0.25) is 4.34 Å². The minimum absolute atomic E-state index is 0.0311. The van der Waals surface area contributed by atoms with E-state index in [-0.39, 0.29) is 5.56 Å². The van der Waals surface area contributed by atoms with Crippen LogP contribution in [0.1, 0.15) is 19.3 Å². The molecule has 1 saturated heterocycles. The van der Waals surface area contributed by atoms with Crippen LogP contribution in [0.15, 0.2) is 23.1 Å². The number of hydrogen-bond acceptors (Lipinski definition) is 3. The molecule has 4 nitrogen and oxygen atoms in total. The van der Waals surface area contributed by atoms with Gasteiger partial charge >= 0.3 is 0 Å². The predicted molar refractivity (Wildman–Crippen MR) is 86.1 cm³/mol. The fourth-order valence-corrected chi connectivity index (χ4v) is 4.78. The number of thiophene rings is 1. The molecule has 1 saturated carbocycles. The quantitative estimate of drug-likeness (QED) is 0.939. The predicted octanol–water partition coefficient (Wildman–Crippen LogP) is 3.04. The van der Waals surface area contributed by atoms with Gasteiger partial charge in [-0.05, 0) is 37.3 Å². The first-order chi connectivity index (χ1) is 10.2. The first kappa shape index (κ1) is 13.6. The van der Waals surface area contributed by atoms with Crippen LogP contribution in [-0.2, 0) is 6.54 Å². The largest absolute Gasteiger partial charge is 0.298 e. The SMILES string of the molecule is O=c1[nH]n(CCN2CC3CCC2C3)cc1-c1ccc(Cl)s1. The summed E-state index contributed by atoms with van der Waals surface area (Å²) in [6, 6.07) is 4.52. The van der Waals surface area contributed by atoms with E-state index in [2.05, 4.69) is 10.00 Å². The molecule has 2 aromatic rings. The maximum Gasteiger partial charge on any atom is 0.272 e. The van der Waals surface area contributed by atoms with Gasteiger partial charge < -0.3 is 0 Å². The minimum atomic E-state index is -0.0311. The summed E-state index contributed by atoms with van der Waals surface area (Å²) in [5.41, 5.74) is 0.686. The number of piperidine rings is 1. The Morgan fingerprint density at radius 2 is 2.24 bits per heavy atom.